The summed E-state index contributed by atoms with van der Waals surface area (Å²) in [5, 5.41) is 16.5. The van der Waals surface area contributed by atoms with E-state index in [0.29, 0.717) is 28.3 Å². The quantitative estimate of drug-likeness (QED) is 0.339. The Kier molecular flexibility index (Phi) is 8.26. The maximum atomic E-state index is 6.22. The largest absolute Gasteiger partial charge is 0.423 e. The number of nitrogens with one attached hydrogen (secondary N) is 1. The summed E-state index contributed by atoms with van der Waals surface area (Å²) < 4.78 is 7.47. The molecular formula is C22H20Cl3N5O. The molecule has 4 rings (SSSR count). The van der Waals surface area contributed by atoms with Gasteiger partial charge in [0.2, 0.25) is 0 Å². The van der Waals surface area contributed by atoms with Gasteiger partial charge in [0, 0.05) is 16.6 Å². The Hall–Kier alpha value is -2.64. The van der Waals surface area contributed by atoms with Crippen molar-refractivity contribution in [2.45, 2.75) is 13.0 Å². The van der Waals surface area contributed by atoms with Crippen LogP contribution >= 0.6 is 35.6 Å². The van der Waals surface area contributed by atoms with Gasteiger partial charge in [-0.05, 0) is 70.9 Å². The van der Waals surface area contributed by atoms with E-state index in [0.717, 1.165) is 29.8 Å². The van der Waals surface area contributed by atoms with E-state index in [-0.39, 0.29) is 12.4 Å². The number of rotatable bonds is 8. The minimum absolute atomic E-state index is 0. The van der Waals surface area contributed by atoms with E-state index in [9.17, 15) is 0 Å². The Morgan fingerprint density at radius 2 is 1.77 bits per heavy atom. The van der Waals surface area contributed by atoms with Gasteiger partial charge in [-0.3, -0.25) is 0 Å². The van der Waals surface area contributed by atoms with E-state index in [1.54, 1.807) is 10.7 Å². The Labute approximate surface area is 196 Å². The molecule has 0 saturated carbocycles. The molecule has 1 aromatic heterocycles. The molecule has 0 aliphatic rings. The summed E-state index contributed by atoms with van der Waals surface area (Å²) in [5.74, 6) is 0.669. The summed E-state index contributed by atoms with van der Waals surface area (Å²) >= 11 is 12.2. The molecule has 0 bridgehead atoms. The van der Waals surface area contributed by atoms with Crippen LogP contribution in [0, 0.1) is 0 Å². The fraction of sp³-hybridized carbons (Fsp3) is 0.136. The fourth-order valence-electron chi connectivity index (χ4n) is 2.98. The van der Waals surface area contributed by atoms with Gasteiger partial charge in [-0.15, -0.1) is 12.4 Å². The van der Waals surface area contributed by atoms with Crippen LogP contribution in [0.4, 0.5) is 0 Å². The van der Waals surface area contributed by atoms with Crippen molar-refractivity contribution in [1.82, 2.24) is 25.5 Å². The summed E-state index contributed by atoms with van der Waals surface area (Å²) in [4.78, 5) is 0. The third kappa shape index (κ3) is 6.18. The Balaban J connectivity index is 0.00000272. The van der Waals surface area contributed by atoms with Crippen LogP contribution in [0.1, 0.15) is 11.1 Å². The molecule has 160 valence electrons. The molecule has 4 aromatic rings. The first-order valence-corrected chi connectivity index (χ1v) is 10.2. The zero-order valence-electron chi connectivity index (χ0n) is 16.4. The number of tetrazole rings is 1. The van der Waals surface area contributed by atoms with Gasteiger partial charge in [-0.1, -0.05) is 64.7 Å². The van der Waals surface area contributed by atoms with Crippen molar-refractivity contribution >= 4 is 35.6 Å². The van der Waals surface area contributed by atoms with Crippen molar-refractivity contribution in [2.24, 2.45) is 0 Å². The van der Waals surface area contributed by atoms with E-state index in [1.807, 2.05) is 66.7 Å². The normalized spacial score (nSPS) is 10.5. The zero-order chi connectivity index (χ0) is 20.8. The highest BCUT2D eigenvalue weighted by Crippen LogP contribution is 2.23. The molecule has 9 heteroatoms. The number of hydrogen-bond acceptors (Lipinski definition) is 5. The van der Waals surface area contributed by atoms with Gasteiger partial charge in [-0.2, -0.15) is 4.68 Å². The molecule has 6 nitrogen and oxygen atoms in total. The smallest absolute Gasteiger partial charge is 0.345 e. The Morgan fingerprint density at radius 1 is 0.935 bits per heavy atom. The summed E-state index contributed by atoms with van der Waals surface area (Å²) in [6, 6.07) is 23.3. The van der Waals surface area contributed by atoms with E-state index in [4.69, 9.17) is 27.9 Å². The van der Waals surface area contributed by atoms with Crippen molar-refractivity contribution in [1.29, 1.82) is 0 Å². The lowest BCUT2D eigenvalue weighted by Gasteiger charge is -2.09. The molecule has 0 fully saturated rings. The minimum Gasteiger partial charge on any atom is -0.423 e. The number of nitrogens with zero attached hydrogens (tertiary/aromatic N) is 4. The van der Waals surface area contributed by atoms with E-state index in [1.165, 1.54) is 0 Å². The molecular weight excluding hydrogens is 457 g/mol. The van der Waals surface area contributed by atoms with E-state index in [2.05, 4.69) is 20.8 Å². The first-order valence-electron chi connectivity index (χ1n) is 9.44. The van der Waals surface area contributed by atoms with Crippen molar-refractivity contribution in [3.8, 4) is 17.4 Å². The topological polar surface area (TPSA) is 64.9 Å². The van der Waals surface area contributed by atoms with Crippen LogP contribution in [0.2, 0.25) is 10.0 Å². The summed E-state index contributed by atoms with van der Waals surface area (Å²) in [6.45, 7) is 1.49. The summed E-state index contributed by atoms with van der Waals surface area (Å²) in [6.07, 6.45) is 0.818. The highest BCUT2D eigenvalue weighted by molar-refractivity contribution is 6.35. The number of aromatic nitrogens is 4. The molecule has 0 spiro atoms. The molecule has 31 heavy (non-hydrogen) atoms. The Bertz CT molecular complexity index is 1120. The van der Waals surface area contributed by atoms with E-state index < -0.39 is 0 Å². The first kappa shape index (κ1) is 23.0. The fourth-order valence-corrected chi connectivity index (χ4v) is 3.48. The summed E-state index contributed by atoms with van der Waals surface area (Å²) in [5.41, 5.74) is 2.99. The molecule has 0 radical (unpaired) electrons. The highest BCUT2D eigenvalue weighted by atomic mass is 35.5. The van der Waals surface area contributed by atoms with Crippen molar-refractivity contribution in [3.05, 3.63) is 94.0 Å². The van der Waals surface area contributed by atoms with Crippen LogP contribution in [0.25, 0.3) is 5.69 Å². The first-order chi connectivity index (χ1) is 14.7. The maximum absolute atomic E-state index is 6.22. The zero-order valence-corrected chi connectivity index (χ0v) is 18.7. The van der Waals surface area contributed by atoms with Crippen LogP contribution in [-0.4, -0.2) is 26.8 Å². The van der Waals surface area contributed by atoms with Gasteiger partial charge in [-0.25, -0.2) is 0 Å². The number of para-hydroxylation sites is 1. The third-order valence-corrected chi connectivity index (χ3v) is 5.05. The number of hydrogen-bond donors (Lipinski definition) is 1. The molecule has 1 N–H and O–H groups in total. The number of halogens is 3. The minimum atomic E-state index is 0. The van der Waals surface area contributed by atoms with Crippen LogP contribution < -0.4 is 10.1 Å². The number of benzene rings is 3. The second-order valence-electron chi connectivity index (χ2n) is 6.62. The molecule has 0 aliphatic carbocycles. The molecule has 0 unspecified atom stereocenters. The van der Waals surface area contributed by atoms with Crippen LogP contribution in [0.15, 0.2) is 72.8 Å². The van der Waals surface area contributed by atoms with Gasteiger partial charge >= 0.3 is 6.01 Å². The summed E-state index contributed by atoms with van der Waals surface area (Å²) in [7, 11) is 0. The SMILES string of the molecule is Cl.Clc1ccc(CCNCc2cccc(Oc3nnnn3-c3ccccc3)c2)c(Cl)c1. The lowest BCUT2D eigenvalue weighted by molar-refractivity contribution is 0.426. The van der Waals surface area contributed by atoms with Gasteiger partial charge in [0.15, 0.2) is 0 Å². The molecule has 0 aliphatic heterocycles. The predicted octanol–water partition coefficient (Wildman–Crippen LogP) is 5.52. The molecule has 0 saturated heterocycles. The van der Waals surface area contributed by atoms with Crippen LogP contribution in [-0.2, 0) is 13.0 Å². The van der Waals surface area contributed by atoms with Gasteiger partial charge < -0.3 is 10.1 Å². The van der Waals surface area contributed by atoms with Crippen molar-refractivity contribution in [2.75, 3.05) is 6.54 Å². The van der Waals surface area contributed by atoms with Crippen molar-refractivity contribution < 1.29 is 4.74 Å². The molecule has 1 heterocycles. The lowest BCUT2D eigenvalue weighted by atomic mass is 10.1. The molecule has 0 amide bonds. The monoisotopic (exact) mass is 475 g/mol. The highest BCUT2D eigenvalue weighted by Gasteiger charge is 2.10. The lowest BCUT2D eigenvalue weighted by Crippen LogP contribution is -2.16. The van der Waals surface area contributed by atoms with Crippen LogP contribution in [0.5, 0.6) is 11.8 Å². The Morgan fingerprint density at radius 3 is 2.58 bits per heavy atom. The van der Waals surface area contributed by atoms with Gasteiger partial charge in [0.25, 0.3) is 0 Å². The second-order valence-corrected chi connectivity index (χ2v) is 7.46. The van der Waals surface area contributed by atoms with Gasteiger partial charge in [0.1, 0.15) is 5.75 Å². The standard InChI is InChI=1S/C22H19Cl2N5O.ClH/c23-18-10-9-17(21(24)14-18)11-12-25-15-16-5-4-8-20(13-16)30-22-26-27-28-29(22)19-6-2-1-3-7-19;/h1-10,13-14,25H,11-12,15H2;1H. The third-order valence-electron chi connectivity index (χ3n) is 4.46. The number of ether oxygens (including phenoxy) is 1. The average molecular weight is 477 g/mol. The maximum Gasteiger partial charge on any atom is 0.345 e. The molecule has 3 aromatic carbocycles. The van der Waals surface area contributed by atoms with E-state index >= 15 is 0 Å². The van der Waals surface area contributed by atoms with Gasteiger partial charge in [0.05, 0.1) is 5.69 Å². The van der Waals surface area contributed by atoms with Crippen LogP contribution in [0.3, 0.4) is 0 Å². The predicted molar refractivity (Wildman–Crippen MR) is 125 cm³/mol. The molecule has 0 atom stereocenters. The second kappa shape index (κ2) is 11.1. The van der Waals surface area contributed by atoms with Crippen molar-refractivity contribution in [3.63, 3.8) is 0 Å². The average Bonchev–Trinajstić information content (AvgIpc) is 3.21.